The lowest BCUT2D eigenvalue weighted by molar-refractivity contribution is -0.144. The Morgan fingerprint density at radius 2 is 1.53 bits per heavy atom. The van der Waals surface area contributed by atoms with Gasteiger partial charge in [-0.25, -0.2) is 14.6 Å². The number of methoxy groups -OCH3 is 1. The Morgan fingerprint density at radius 3 is 2.09 bits per heavy atom. The number of nitrogens with zero attached hydrogens (tertiary/aromatic N) is 2. The lowest BCUT2D eigenvalue weighted by atomic mass is 9.96. The van der Waals surface area contributed by atoms with Crippen molar-refractivity contribution >= 4 is 23.8 Å². The molecule has 32 heavy (non-hydrogen) atoms. The van der Waals surface area contributed by atoms with Crippen molar-refractivity contribution in [3.8, 4) is 5.75 Å². The van der Waals surface area contributed by atoms with Crippen LogP contribution >= 0.6 is 0 Å². The highest BCUT2D eigenvalue weighted by molar-refractivity contribution is 6.45. The van der Waals surface area contributed by atoms with Crippen LogP contribution in [0.4, 0.5) is 4.79 Å². The van der Waals surface area contributed by atoms with Gasteiger partial charge in [-0.1, -0.05) is 56.3 Å². The Hall–Kier alpha value is -3.68. The fourth-order valence-electron chi connectivity index (χ4n) is 3.69. The zero-order chi connectivity index (χ0) is 23.4. The topological polar surface area (TPSA) is 96.0 Å². The second-order valence-electron chi connectivity index (χ2n) is 8.00. The van der Waals surface area contributed by atoms with E-state index in [4.69, 9.17) is 4.74 Å². The van der Waals surface area contributed by atoms with Crippen LogP contribution in [0, 0.1) is 5.92 Å². The van der Waals surface area contributed by atoms with Gasteiger partial charge in [-0.15, -0.1) is 0 Å². The SMILES string of the molecule is COc1ccc(C(NC(=O)CN2C(=O)C(=O)N(C(C)c3ccccc3)C2=O)C(C)C)cc1. The maximum atomic E-state index is 12.9. The van der Waals surface area contributed by atoms with Gasteiger partial charge in [0, 0.05) is 0 Å². The second kappa shape index (κ2) is 9.64. The molecule has 8 nitrogen and oxygen atoms in total. The number of carbonyl (C=O) groups excluding carboxylic acids is 4. The molecule has 1 heterocycles. The van der Waals surface area contributed by atoms with Gasteiger partial charge in [0.15, 0.2) is 0 Å². The summed E-state index contributed by atoms with van der Waals surface area (Å²) in [5, 5.41) is 2.87. The van der Waals surface area contributed by atoms with E-state index >= 15 is 0 Å². The minimum absolute atomic E-state index is 0.0496. The minimum Gasteiger partial charge on any atom is -0.497 e. The molecule has 0 aliphatic carbocycles. The van der Waals surface area contributed by atoms with Gasteiger partial charge in [-0.05, 0) is 36.1 Å². The van der Waals surface area contributed by atoms with Crippen LogP contribution in [-0.4, -0.2) is 47.2 Å². The minimum atomic E-state index is -1.00. The first kappa shape index (κ1) is 23.0. The maximum absolute atomic E-state index is 12.9. The molecule has 1 saturated heterocycles. The molecule has 3 rings (SSSR count). The summed E-state index contributed by atoms with van der Waals surface area (Å²) in [6, 6.07) is 14.5. The third-order valence-corrected chi connectivity index (χ3v) is 5.51. The third kappa shape index (κ3) is 4.64. The largest absolute Gasteiger partial charge is 0.497 e. The van der Waals surface area contributed by atoms with E-state index in [9.17, 15) is 19.2 Å². The summed E-state index contributed by atoms with van der Waals surface area (Å²) in [5.74, 6) is -1.72. The van der Waals surface area contributed by atoms with Crippen molar-refractivity contribution in [3.63, 3.8) is 0 Å². The number of urea groups is 1. The number of ether oxygens (including phenoxy) is 1. The Labute approximate surface area is 187 Å². The molecule has 168 valence electrons. The summed E-state index contributed by atoms with van der Waals surface area (Å²) >= 11 is 0. The van der Waals surface area contributed by atoms with Crippen LogP contribution in [0.15, 0.2) is 54.6 Å². The zero-order valence-electron chi connectivity index (χ0n) is 18.6. The molecular formula is C24H27N3O5. The van der Waals surface area contributed by atoms with Gasteiger partial charge in [0.2, 0.25) is 5.91 Å². The molecule has 5 amide bonds. The van der Waals surface area contributed by atoms with Gasteiger partial charge in [-0.3, -0.25) is 14.4 Å². The molecule has 8 heteroatoms. The fraction of sp³-hybridized carbons (Fsp3) is 0.333. The summed E-state index contributed by atoms with van der Waals surface area (Å²) in [7, 11) is 1.57. The molecule has 1 N–H and O–H groups in total. The van der Waals surface area contributed by atoms with E-state index < -0.39 is 36.3 Å². The van der Waals surface area contributed by atoms with Crippen LogP contribution in [-0.2, 0) is 14.4 Å². The Kier molecular flexibility index (Phi) is 6.92. The van der Waals surface area contributed by atoms with Crippen LogP contribution < -0.4 is 10.1 Å². The summed E-state index contributed by atoms with van der Waals surface area (Å²) in [6.07, 6.45) is 0. The van der Waals surface area contributed by atoms with Gasteiger partial charge < -0.3 is 10.1 Å². The highest BCUT2D eigenvalue weighted by atomic mass is 16.5. The van der Waals surface area contributed by atoms with Crippen LogP contribution in [0.5, 0.6) is 5.75 Å². The number of hydrogen-bond acceptors (Lipinski definition) is 5. The van der Waals surface area contributed by atoms with Crippen molar-refractivity contribution in [3.05, 3.63) is 65.7 Å². The van der Waals surface area contributed by atoms with E-state index in [0.29, 0.717) is 16.2 Å². The fourth-order valence-corrected chi connectivity index (χ4v) is 3.69. The van der Waals surface area contributed by atoms with Gasteiger partial charge in [0.05, 0.1) is 19.2 Å². The number of nitrogens with one attached hydrogen (secondary N) is 1. The predicted octanol–water partition coefficient (Wildman–Crippen LogP) is 3.06. The van der Waals surface area contributed by atoms with Gasteiger partial charge in [0.25, 0.3) is 0 Å². The van der Waals surface area contributed by atoms with Gasteiger partial charge in [-0.2, -0.15) is 0 Å². The van der Waals surface area contributed by atoms with Gasteiger partial charge in [0.1, 0.15) is 12.3 Å². The smallest absolute Gasteiger partial charge is 0.335 e. The first-order chi connectivity index (χ1) is 15.2. The average Bonchev–Trinajstić information content (AvgIpc) is 3.00. The summed E-state index contributed by atoms with van der Waals surface area (Å²) < 4.78 is 5.17. The van der Waals surface area contributed by atoms with Crippen LogP contribution in [0.1, 0.15) is 44.0 Å². The van der Waals surface area contributed by atoms with Crippen LogP contribution in [0.2, 0.25) is 0 Å². The molecule has 0 radical (unpaired) electrons. The molecule has 1 aliphatic heterocycles. The Morgan fingerprint density at radius 1 is 0.906 bits per heavy atom. The van der Waals surface area contributed by atoms with E-state index in [1.807, 2.05) is 32.0 Å². The van der Waals surface area contributed by atoms with Crippen molar-refractivity contribution in [1.82, 2.24) is 15.1 Å². The molecular weight excluding hydrogens is 410 g/mol. The second-order valence-corrected chi connectivity index (χ2v) is 8.00. The highest BCUT2D eigenvalue weighted by Gasteiger charge is 2.47. The molecule has 0 saturated carbocycles. The van der Waals surface area contributed by atoms with Crippen LogP contribution in [0.3, 0.4) is 0 Å². The van der Waals surface area contributed by atoms with Crippen molar-refractivity contribution in [2.45, 2.75) is 32.9 Å². The number of amides is 5. The Balaban J connectivity index is 1.72. The molecule has 0 spiro atoms. The standard InChI is InChI=1S/C24H27N3O5/c1-15(2)21(18-10-12-19(32-4)13-11-18)25-20(28)14-26-22(29)23(30)27(24(26)31)16(3)17-8-6-5-7-9-17/h5-13,15-16,21H,14H2,1-4H3,(H,25,28). The van der Waals surface area contributed by atoms with E-state index in [-0.39, 0.29) is 12.0 Å². The van der Waals surface area contributed by atoms with Crippen molar-refractivity contribution < 1.29 is 23.9 Å². The Bertz CT molecular complexity index is 1000. The maximum Gasteiger partial charge on any atom is 0.335 e. The molecule has 2 atom stereocenters. The monoisotopic (exact) mass is 437 g/mol. The van der Waals surface area contributed by atoms with E-state index in [1.54, 1.807) is 50.4 Å². The number of carbonyl (C=O) groups is 4. The lowest BCUT2D eigenvalue weighted by Crippen LogP contribution is -2.43. The molecule has 0 bridgehead atoms. The average molecular weight is 437 g/mol. The molecule has 0 aromatic heterocycles. The zero-order valence-corrected chi connectivity index (χ0v) is 18.6. The summed E-state index contributed by atoms with van der Waals surface area (Å²) in [5.41, 5.74) is 1.58. The normalized spacial score (nSPS) is 15.8. The number of benzene rings is 2. The molecule has 2 aromatic rings. The number of hydrogen-bond donors (Lipinski definition) is 1. The van der Waals surface area contributed by atoms with Crippen molar-refractivity contribution in [1.29, 1.82) is 0 Å². The van der Waals surface area contributed by atoms with E-state index in [2.05, 4.69) is 5.32 Å². The quantitative estimate of drug-likeness (QED) is 0.506. The van der Waals surface area contributed by atoms with Crippen molar-refractivity contribution in [2.24, 2.45) is 5.92 Å². The summed E-state index contributed by atoms with van der Waals surface area (Å²) in [4.78, 5) is 52.2. The molecule has 1 aliphatic rings. The molecule has 1 fully saturated rings. The molecule has 2 unspecified atom stereocenters. The predicted molar refractivity (Wildman–Crippen MR) is 118 cm³/mol. The first-order valence-electron chi connectivity index (χ1n) is 10.4. The highest BCUT2D eigenvalue weighted by Crippen LogP contribution is 2.27. The number of imide groups is 2. The lowest BCUT2D eigenvalue weighted by Gasteiger charge is -2.25. The van der Waals surface area contributed by atoms with Crippen molar-refractivity contribution in [2.75, 3.05) is 13.7 Å². The first-order valence-corrected chi connectivity index (χ1v) is 10.4. The molecule has 2 aromatic carbocycles. The van der Waals surface area contributed by atoms with Gasteiger partial charge >= 0.3 is 17.8 Å². The number of rotatable bonds is 8. The summed E-state index contributed by atoms with van der Waals surface area (Å²) in [6.45, 7) is 5.05. The van der Waals surface area contributed by atoms with Crippen LogP contribution in [0.25, 0.3) is 0 Å². The van der Waals surface area contributed by atoms with E-state index in [1.165, 1.54) is 0 Å². The third-order valence-electron chi connectivity index (χ3n) is 5.51. The van der Waals surface area contributed by atoms with E-state index in [0.717, 1.165) is 10.5 Å².